The maximum absolute atomic E-state index is 12.5. The number of rotatable bonds is 6. The summed E-state index contributed by atoms with van der Waals surface area (Å²) < 4.78 is 16.7. The number of fused-ring (bicyclic) bond motifs is 3. The maximum atomic E-state index is 12.5. The highest BCUT2D eigenvalue weighted by molar-refractivity contribution is 5.93. The number of amides is 2. The first-order chi connectivity index (χ1) is 16.4. The van der Waals surface area contributed by atoms with E-state index in [9.17, 15) is 19.7 Å². The van der Waals surface area contributed by atoms with Gasteiger partial charge < -0.3 is 24.1 Å². The number of carbonyl (C=O) groups excluding carboxylic acids is 2. The fourth-order valence-corrected chi connectivity index (χ4v) is 4.57. The number of benzene rings is 1. The third kappa shape index (κ3) is 4.23. The summed E-state index contributed by atoms with van der Waals surface area (Å²) in [6.07, 6.45) is -0.905. The van der Waals surface area contributed by atoms with Gasteiger partial charge in [0, 0.05) is 44.9 Å². The van der Waals surface area contributed by atoms with Crippen LogP contribution in [0.4, 0.5) is 22.1 Å². The molecule has 2 fully saturated rings. The van der Waals surface area contributed by atoms with E-state index in [1.165, 1.54) is 13.0 Å². The summed E-state index contributed by atoms with van der Waals surface area (Å²) in [5.74, 6) is 0.775. The van der Waals surface area contributed by atoms with Crippen LogP contribution in [-0.4, -0.2) is 73.3 Å². The van der Waals surface area contributed by atoms with Gasteiger partial charge in [-0.2, -0.15) is 0 Å². The van der Waals surface area contributed by atoms with Crippen molar-refractivity contribution in [3.63, 3.8) is 0 Å². The van der Waals surface area contributed by atoms with Gasteiger partial charge >= 0.3 is 12.0 Å². The molecule has 4 heterocycles. The molecule has 180 valence electrons. The smallest absolute Gasteiger partial charge is 0.433 e. The number of ether oxygens (including phenoxy) is 2. The van der Waals surface area contributed by atoms with Crippen LogP contribution in [-0.2, 0) is 16.1 Å². The fourth-order valence-electron chi connectivity index (χ4n) is 4.57. The van der Waals surface area contributed by atoms with E-state index in [-0.39, 0.29) is 31.0 Å². The monoisotopic (exact) mass is 471 g/mol. The predicted octanol–water partition coefficient (Wildman–Crippen LogP) is 1.73. The Morgan fingerprint density at radius 2 is 2.00 bits per heavy atom. The Labute approximate surface area is 195 Å². The third-order valence-corrected chi connectivity index (χ3v) is 6.32. The van der Waals surface area contributed by atoms with E-state index >= 15 is 0 Å². The Bertz CT molecular complexity index is 1110. The highest BCUT2D eigenvalue weighted by Crippen LogP contribution is 2.41. The second kappa shape index (κ2) is 8.86. The van der Waals surface area contributed by atoms with Crippen LogP contribution in [0.1, 0.15) is 12.7 Å². The summed E-state index contributed by atoms with van der Waals surface area (Å²) in [6, 6.07) is 8.49. The predicted molar refractivity (Wildman–Crippen MR) is 120 cm³/mol. The van der Waals surface area contributed by atoms with Gasteiger partial charge in [-0.3, -0.25) is 24.7 Å². The second-order valence-corrected chi connectivity index (χ2v) is 8.52. The lowest BCUT2D eigenvalue weighted by Gasteiger charge is -2.37. The van der Waals surface area contributed by atoms with Crippen molar-refractivity contribution in [2.75, 3.05) is 49.1 Å². The van der Waals surface area contributed by atoms with Crippen LogP contribution in [0.3, 0.4) is 0 Å². The van der Waals surface area contributed by atoms with Gasteiger partial charge in [0.05, 0.1) is 24.8 Å². The molecule has 5 rings (SSSR count). The van der Waals surface area contributed by atoms with Crippen molar-refractivity contribution in [1.29, 1.82) is 0 Å². The van der Waals surface area contributed by atoms with Crippen LogP contribution in [0.2, 0.25) is 0 Å². The third-order valence-electron chi connectivity index (χ3n) is 6.32. The van der Waals surface area contributed by atoms with Crippen LogP contribution in [0, 0.1) is 10.1 Å². The molecule has 0 radical (unpaired) electrons. The van der Waals surface area contributed by atoms with E-state index in [2.05, 4.69) is 15.1 Å². The number of furan rings is 1. The topological polar surface area (TPSA) is 131 Å². The van der Waals surface area contributed by atoms with Gasteiger partial charge in [0.15, 0.2) is 0 Å². The number of nitro groups is 1. The average molecular weight is 471 g/mol. The molecule has 0 spiro atoms. The highest BCUT2D eigenvalue weighted by Gasteiger charge is 2.46. The number of piperazine rings is 1. The van der Waals surface area contributed by atoms with E-state index in [0.29, 0.717) is 23.7 Å². The number of anilines is 2. The molecule has 34 heavy (non-hydrogen) atoms. The molecule has 2 aromatic rings. The van der Waals surface area contributed by atoms with Crippen molar-refractivity contribution in [2.24, 2.45) is 0 Å². The standard InChI is InChI=1S/C22H25N5O7/c1-14(28)23-11-20-18-13-32-19-10-15(2-4-17(19)26(18)22(29)34-20)25-8-6-24(7-9-25)12-16-3-5-21(33-16)27(30)31/h2-5,10,18,20H,6-9,11-13H2,1H3,(H,23,28)/t18-,20-/m0/s1. The minimum Gasteiger partial charge on any atom is -0.489 e. The first-order valence-corrected chi connectivity index (χ1v) is 11.1. The zero-order chi connectivity index (χ0) is 23.8. The summed E-state index contributed by atoms with van der Waals surface area (Å²) in [4.78, 5) is 40.0. The Morgan fingerprint density at radius 1 is 1.21 bits per heavy atom. The SMILES string of the molecule is CC(=O)NC[C@@H]1OC(=O)N2c3ccc(N4CCN(Cc5ccc([N+](=O)[O-])o5)CC4)cc3OC[C@@H]12. The van der Waals surface area contributed by atoms with Crippen LogP contribution in [0.15, 0.2) is 34.7 Å². The molecule has 0 saturated carbocycles. The number of hydrogen-bond donors (Lipinski definition) is 1. The summed E-state index contributed by atoms with van der Waals surface area (Å²) >= 11 is 0. The second-order valence-electron chi connectivity index (χ2n) is 8.52. The van der Waals surface area contributed by atoms with Crippen molar-refractivity contribution < 1.29 is 28.4 Å². The van der Waals surface area contributed by atoms with E-state index in [4.69, 9.17) is 13.9 Å². The highest BCUT2D eigenvalue weighted by atomic mass is 16.6. The van der Waals surface area contributed by atoms with Gasteiger partial charge in [-0.05, 0) is 18.2 Å². The Hall–Kier alpha value is -3.80. The lowest BCUT2D eigenvalue weighted by Crippen LogP contribution is -2.48. The molecule has 3 aliphatic heterocycles. The van der Waals surface area contributed by atoms with Gasteiger partial charge in [0.1, 0.15) is 35.2 Å². The van der Waals surface area contributed by atoms with Crippen LogP contribution in [0.25, 0.3) is 0 Å². The maximum Gasteiger partial charge on any atom is 0.433 e. The number of cyclic esters (lactones) is 1. The minimum atomic E-state index is -0.535. The molecule has 1 N–H and O–H groups in total. The van der Waals surface area contributed by atoms with Crippen LogP contribution >= 0.6 is 0 Å². The zero-order valence-corrected chi connectivity index (χ0v) is 18.6. The molecule has 2 saturated heterocycles. The minimum absolute atomic E-state index is 0.179. The van der Waals surface area contributed by atoms with Gasteiger partial charge in [-0.1, -0.05) is 0 Å². The summed E-state index contributed by atoms with van der Waals surface area (Å²) in [6.45, 7) is 5.57. The van der Waals surface area contributed by atoms with Gasteiger partial charge in [0.25, 0.3) is 0 Å². The molecular weight excluding hydrogens is 446 g/mol. The molecule has 1 aromatic carbocycles. The van der Waals surface area contributed by atoms with E-state index in [1.54, 1.807) is 11.0 Å². The number of nitrogens with zero attached hydrogens (tertiary/aromatic N) is 4. The molecule has 3 aliphatic rings. The van der Waals surface area contributed by atoms with Gasteiger partial charge in [-0.25, -0.2) is 4.79 Å². The lowest BCUT2D eigenvalue weighted by atomic mass is 10.1. The van der Waals surface area contributed by atoms with Crippen molar-refractivity contribution in [1.82, 2.24) is 10.2 Å². The quantitative estimate of drug-likeness (QED) is 0.494. The Morgan fingerprint density at radius 3 is 2.71 bits per heavy atom. The normalized spacial score (nSPS) is 22.0. The molecule has 2 amide bonds. The Kier molecular flexibility index (Phi) is 5.74. The number of hydrogen-bond acceptors (Lipinski definition) is 9. The van der Waals surface area contributed by atoms with Crippen molar-refractivity contribution in [3.8, 4) is 5.75 Å². The average Bonchev–Trinajstić information content (AvgIpc) is 3.42. The molecule has 1 aromatic heterocycles. The largest absolute Gasteiger partial charge is 0.489 e. The molecule has 12 nitrogen and oxygen atoms in total. The molecule has 0 unspecified atom stereocenters. The Balaban J connectivity index is 1.21. The first kappa shape index (κ1) is 22.0. The summed E-state index contributed by atoms with van der Waals surface area (Å²) in [5, 5.41) is 13.5. The van der Waals surface area contributed by atoms with E-state index in [0.717, 1.165) is 31.9 Å². The lowest BCUT2D eigenvalue weighted by molar-refractivity contribution is -0.402. The van der Waals surface area contributed by atoms with Crippen molar-refractivity contribution >= 4 is 29.3 Å². The van der Waals surface area contributed by atoms with Crippen molar-refractivity contribution in [3.05, 3.63) is 46.2 Å². The van der Waals surface area contributed by atoms with Gasteiger partial charge in [-0.15, -0.1) is 0 Å². The van der Waals surface area contributed by atoms with Crippen molar-refractivity contribution in [2.45, 2.75) is 25.6 Å². The number of carbonyl (C=O) groups is 2. The summed E-state index contributed by atoms with van der Waals surface area (Å²) in [5.41, 5.74) is 1.65. The fraction of sp³-hybridized carbons (Fsp3) is 0.455. The molecule has 12 heteroatoms. The number of nitrogens with one attached hydrogen (secondary N) is 1. The van der Waals surface area contributed by atoms with E-state index in [1.807, 2.05) is 18.2 Å². The molecular formula is C22H25N5O7. The molecule has 0 aliphatic carbocycles. The summed E-state index contributed by atoms with van der Waals surface area (Å²) in [7, 11) is 0. The van der Waals surface area contributed by atoms with Crippen LogP contribution < -0.4 is 19.9 Å². The first-order valence-electron chi connectivity index (χ1n) is 11.1. The molecule has 0 bridgehead atoms. The molecule has 2 atom stereocenters. The van der Waals surface area contributed by atoms with E-state index < -0.39 is 17.1 Å². The van der Waals surface area contributed by atoms with Gasteiger partial charge in [0.2, 0.25) is 5.91 Å². The zero-order valence-electron chi connectivity index (χ0n) is 18.6. The van der Waals surface area contributed by atoms with Crippen LogP contribution in [0.5, 0.6) is 5.75 Å².